The number of benzene rings is 9. The molecule has 0 unspecified atom stereocenters. The quantitative estimate of drug-likeness (QED) is 0.166. The lowest BCUT2D eigenvalue weighted by atomic mass is 9.93. The van der Waals surface area contributed by atoms with Crippen LogP contribution < -0.4 is 4.90 Å². The van der Waals surface area contributed by atoms with Crippen LogP contribution in [0.25, 0.3) is 66.1 Å². The first-order valence-electron chi connectivity index (χ1n) is 17.5. The predicted molar refractivity (Wildman–Crippen MR) is 218 cm³/mol. The van der Waals surface area contributed by atoms with Crippen molar-refractivity contribution in [3.05, 3.63) is 212 Å². The first-order chi connectivity index (χ1) is 25.3. The second kappa shape index (κ2) is 13.3. The molecule has 0 spiro atoms. The van der Waals surface area contributed by atoms with Gasteiger partial charge in [0.1, 0.15) is 0 Å². The number of hydrogen-bond acceptors (Lipinski definition) is 1. The van der Waals surface area contributed by atoms with E-state index in [1.165, 1.54) is 66.1 Å². The molecule has 0 aromatic heterocycles. The van der Waals surface area contributed by atoms with E-state index in [1.54, 1.807) is 0 Å². The van der Waals surface area contributed by atoms with E-state index < -0.39 is 0 Å². The summed E-state index contributed by atoms with van der Waals surface area (Å²) in [6.07, 6.45) is 0. The Hall–Kier alpha value is -6.70. The van der Waals surface area contributed by atoms with Crippen LogP contribution in [0.4, 0.5) is 17.1 Å². The van der Waals surface area contributed by atoms with E-state index >= 15 is 0 Å². The molecule has 0 atom stereocenters. The summed E-state index contributed by atoms with van der Waals surface area (Å²) in [6.45, 7) is 0. The summed E-state index contributed by atoms with van der Waals surface area (Å²) in [4.78, 5) is 2.37. The molecule has 0 saturated heterocycles. The molecular weight excluding hydrogens is 615 g/mol. The van der Waals surface area contributed by atoms with Gasteiger partial charge < -0.3 is 4.90 Å². The molecular formula is C50H35N. The lowest BCUT2D eigenvalue weighted by Gasteiger charge is -2.27. The summed E-state index contributed by atoms with van der Waals surface area (Å²) in [5.74, 6) is 0. The minimum absolute atomic E-state index is 1.10. The Kier molecular flexibility index (Phi) is 7.92. The maximum atomic E-state index is 2.37. The predicted octanol–water partition coefficient (Wildman–Crippen LogP) is 14.1. The lowest BCUT2D eigenvalue weighted by Crippen LogP contribution is -2.10. The molecule has 9 rings (SSSR count). The Morgan fingerprint density at radius 2 is 0.608 bits per heavy atom. The molecule has 0 aliphatic heterocycles. The number of hydrogen-bond donors (Lipinski definition) is 0. The van der Waals surface area contributed by atoms with Gasteiger partial charge in [-0.05, 0) is 115 Å². The van der Waals surface area contributed by atoms with E-state index in [9.17, 15) is 0 Å². The maximum Gasteiger partial charge on any atom is 0.0468 e. The fourth-order valence-corrected chi connectivity index (χ4v) is 7.19. The van der Waals surface area contributed by atoms with Gasteiger partial charge in [-0.2, -0.15) is 0 Å². The third-order valence-electron chi connectivity index (χ3n) is 9.85. The molecule has 0 fully saturated rings. The molecule has 0 heterocycles. The molecule has 51 heavy (non-hydrogen) atoms. The van der Waals surface area contributed by atoms with Gasteiger partial charge in [0.05, 0.1) is 0 Å². The molecule has 0 amide bonds. The van der Waals surface area contributed by atoms with Crippen LogP contribution in [0.1, 0.15) is 0 Å². The van der Waals surface area contributed by atoms with E-state index in [1.807, 2.05) is 0 Å². The molecule has 240 valence electrons. The van der Waals surface area contributed by atoms with Gasteiger partial charge in [-0.15, -0.1) is 0 Å². The second-order valence-corrected chi connectivity index (χ2v) is 13.0. The lowest BCUT2D eigenvalue weighted by molar-refractivity contribution is 1.28. The number of rotatable bonds is 7. The van der Waals surface area contributed by atoms with Crippen molar-refractivity contribution in [1.82, 2.24) is 0 Å². The van der Waals surface area contributed by atoms with Crippen molar-refractivity contribution in [2.24, 2.45) is 0 Å². The molecule has 0 saturated carbocycles. The summed E-state index contributed by atoms with van der Waals surface area (Å²) < 4.78 is 0. The van der Waals surface area contributed by atoms with Gasteiger partial charge in [-0.3, -0.25) is 0 Å². The van der Waals surface area contributed by atoms with Crippen molar-refractivity contribution >= 4 is 38.6 Å². The maximum absolute atomic E-state index is 2.37. The highest BCUT2D eigenvalue weighted by Crippen LogP contribution is 2.41. The summed E-state index contributed by atoms with van der Waals surface area (Å²) >= 11 is 0. The van der Waals surface area contributed by atoms with Gasteiger partial charge in [0.2, 0.25) is 0 Å². The minimum atomic E-state index is 1.10. The van der Waals surface area contributed by atoms with Crippen LogP contribution in [0, 0.1) is 0 Å². The molecule has 9 aromatic carbocycles. The van der Waals surface area contributed by atoms with Gasteiger partial charge in [0.25, 0.3) is 0 Å². The van der Waals surface area contributed by atoms with Crippen molar-refractivity contribution in [3.8, 4) is 44.5 Å². The molecule has 0 N–H and O–H groups in total. The molecule has 0 bridgehead atoms. The van der Waals surface area contributed by atoms with Gasteiger partial charge in [-0.1, -0.05) is 164 Å². The minimum Gasteiger partial charge on any atom is -0.310 e. The average Bonchev–Trinajstić information content (AvgIpc) is 3.22. The van der Waals surface area contributed by atoms with Gasteiger partial charge in [-0.25, -0.2) is 0 Å². The summed E-state index contributed by atoms with van der Waals surface area (Å²) in [7, 11) is 0. The summed E-state index contributed by atoms with van der Waals surface area (Å²) in [6, 6.07) is 76.7. The molecule has 9 aromatic rings. The Morgan fingerprint density at radius 3 is 1.10 bits per heavy atom. The van der Waals surface area contributed by atoms with E-state index in [0.717, 1.165) is 17.1 Å². The van der Waals surface area contributed by atoms with Crippen LogP contribution in [0.3, 0.4) is 0 Å². The van der Waals surface area contributed by atoms with Crippen LogP contribution in [-0.4, -0.2) is 0 Å². The van der Waals surface area contributed by atoms with Crippen LogP contribution in [-0.2, 0) is 0 Å². The highest BCUT2D eigenvalue weighted by Gasteiger charge is 2.17. The van der Waals surface area contributed by atoms with Crippen LogP contribution in [0.15, 0.2) is 212 Å². The topological polar surface area (TPSA) is 3.24 Å². The number of fused-ring (bicyclic) bond motifs is 2. The highest BCUT2D eigenvalue weighted by atomic mass is 15.1. The smallest absolute Gasteiger partial charge is 0.0468 e. The summed E-state index contributed by atoms with van der Waals surface area (Å²) in [5, 5.41) is 5.01. The van der Waals surface area contributed by atoms with E-state index in [-0.39, 0.29) is 0 Å². The zero-order valence-electron chi connectivity index (χ0n) is 28.2. The van der Waals surface area contributed by atoms with Crippen LogP contribution in [0.5, 0.6) is 0 Å². The third kappa shape index (κ3) is 6.07. The number of nitrogens with zero attached hydrogens (tertiary/aromatic N) is 1. The average molecular weight is 650 g/mol. The fourth-order valence-electron chi connectivity index (χ4n) is 7.19. The molecule has 0 aliphatic carbocycles. The van der Waals surface area contributed by atoms with Gasteiger partial charge >= 0.3 is 0 Å². The van der Waals surface area contributed by atoms with Crippen LogP contribution >= 0.6 is 0 Å². The standard InChI is InChI=1S/C50H35N/c1-3-13-40(14-4-1)49-32-31-48(35-50(49)41-15-5-2-6-16-41)51(46-27-23-38(24-28-46)44-21-19-36-11-7-9-17-42(36)33-44)47-29-25-39(26-30-47)45-22-20-37-12-8-10-18-43(37)34-45/h1-35H. The zero-order chi connectivity index (χ0) is 34.0. The largest absolute Gasteiger partial charge is 0.310 e. The molecule has 0 radical (unpaired) electrons. The zero-order valence-corrected chi connectivity index (χ0v) is 28.2. The van der Waals surface area contributed by atoms with Crippen molar-refractivity contribution in [1.29, 1.82) is 0 Å². The SMILES string of the molecule is c1ccc(-c2ccc(N(c3ccc(-c4ccc5ccccc5c4)cc3)c3ccc(-c4ccc5ccccc5c4)cc3)cc2-c2ccccc2)cc1. The summed E-state index contributed by atoms with van der Waals surface area (Å²) in [5.41, 5.74) is 12.9. The van der Waals surface area contributed by atoms with Crippen LogP contribution in [0.2, 0.25) is 0 Å². The van der Waals surface area contributed by atoms with E-state index in [0.29, 0.717) is 0 Å². The normalized spacial score (nSPS) is 11.1. The fraction of sp³-hybridized carbons (Fsp3) is 0. The Labute approximate surface area is 299 Å². The van der Waals surface area contributed by atoms with Crippen molar-refractivity contribution in [2.45, 2.75) is 0 Å². The van der Waals surface area contributed by atoms with Gasteiger partial charge in [0, 0.05) is 17.1 Å². The first-order valence-corrected chi connectivity index (χ1v) is 17.5. The monoisotopic (exact) mass is 649 g/mol. The third-order valence-corrected chi connectivity index (χ3v) is 9.85. The Morgan fingerprint density at radius 1 is 0.216 bits per heavy atom. The molecule has 1 heteroatoms. The van der Waals surface area contributed by atoms with E-state index in [4.69, 9.17) is 0 Å². The van der Waals surface area contributed by atoms with Crippen molar-refractivity contribution in [2.75, 3.05) is 4.90 Å². The van der Waals surface area contributed by atoms with Crippen molar-refractivity contribution < 1.29 is 0 Å². The first kappa shape index (κ1) is 30.4. The van der Waals surface area contributed by atoms with Gasteiger partial charge in [0.15, 0.2) is 0 Å². The Bertz CT molecular complexity index is 2480. The second-order valence-electron chi connectivity index (χ2n) is 13.0. The molecule has 1 nitrogen and oxygen atoms in total. The number of anilines is 3. The highest BCUT2D eigenvalue weighted by molar-refractivity contribution is 5.91. The Balaban J connectivity index is 1.16. The van der Waals surface area contributed by atoms with Crippen molar-refractivity contribution in [3.63, 3.8) is 0 Å². The molecule has 0 aliphatic rings. The van der Waals surface area contributed by atoms with E-state index in [2.05, 4.69) is 217 Å².